The lowest BCUT2D eigenvalue weighted by molar-refractivity contribution is -0.138. The highest BCUT2D eigenvalue weighted by atomic mass is 19.4. The predicted octanol–water partition coefficient (Wildman–Crippen LogP) is 3.56. The zero-order chi connectivity index (χ0) is 14.9. The molecular weight excluding hydrogens is 271 g/mol. The van der Waals surface area contributed by atoms with Crippen molar-refractivity contribution in [2.45, 2.75) is 19.5 Å². The number of aromatic carboxylic acids is 1. The lowest BCUT2D eigenvalue weighted by Crippen LogP contribution is -2.29. The summed E-state index contributed by atoms with van der Waals surface area (Å²) in [6.07, 6.45) is -1.86. The standard InChI is InChI=1S/C14H14F3NO2/c1-9-3-2-6-18(8-9)10-4-5-11(13(19)20)12(7-10)14(15,16)17/h3-5,7H,2,6,8H2,1H3,(H,19,20). The highest BCUT2D eigenvalue weighted by Gasteiger charge is 2.36. The van der Waals surface area contributed by atoms with Crippen molar-refractivity contribution in [3.8, 4) is 0 Å². The molecule has 0 aromatic heterocycles. The molecule has 2 rings (SSSR count). The Bertz CT molecular complexity index is 564. The molecule has 0 bridgehead atoms. The van der Waals surface area contributed by atoms with Crippen LogP contribution in [0.25, 0.3) is 0 Å². The molecule has 0 amide bonds. The molecule has 1 aromatic rings. The fourth-order valence-corrected chi connectivity index (χ4v) is 2.28. The van der Waals surface area contributed by atoms with Crippen molar-refractivity contribution >= 4 is 11.7 Å². The monoisotopic (exact) mass is 285 g/mol. The number of nitrogens with zero attached hydrogens (tertiary/aromatic N) is 1. The van der Waals surface area contributed by atoms with Crippen molar-refractivity contribution in [3.05, 3.63) is 41.0 Å². The zero-order valence-electron chi connectivity index (χ0n) is 10.9. The normalized spacial score (nSPS) is 16.0. The molecule has 0 spiro atoms. The van der Waals surface area contributed by atoms with Crippen molar-refractivity contribution in [1.29, 1.82) is 0 Å². The Hall–Kier alpha value is -1.98. The van der Waals surface area contributed by atoms with Gasteiger partial charge in [-0.2, -0.15) is 13.2 Å². The third-order valence-electron chi connectivity index (χ3n) is 3.24. The van der Waals surface area contributed by atoms with Crippen molar-refractivity contribution in [1.82, 2.24) is 0 Å². The molecule has 1 aliphatic heterocycles. The van der Waals surface area contributed by atoms with E-state index in [-0.39, 0.29) is 0 Å². The molecule has 0 saturated carbocycles. The second kappa shape index (κ2) is 5.19. The van der Waals surface area contributed by atoms with E-state index in [0.717, 1.165) is 24.1 Å². The van der Waals surface area contributed by atoms with Gasteiger partial charge in [-0.05, 0) is 31.5 Å². The highest BCUT2D eigenvalue weighted by Crippen LogP contribution is 2.35. The SMILES string of the molecule is CC1=CCCN(c2ccc(C(=O)O)c(C(F)(F)F)c2)C1. The Morgan fingerprint density at radius 3 is 2.60 bits per heavy atom. The molecule has 0 radical (unpaired) electrons. The van der Waals surface area contributed by atoms with Crippen LogP contribution in [0.5, 0.6) is 0 Å². The van der Waals surface area contributed by atoms with Crippen molar-refractivity contribution in [3.63, 3.8) is 0 Å². The van der Waals surface area contributed by atoms with Crippen LogP contribution >= 0.6 is 0 Å². The van der Waals surface area contributed by atoms with Gasteiger partial charge in [-0.15, -0.1) is 0 Å². The van der Waals surface area contributed by atoms with Crippen molar-refractivity contribution < 1.29 is 23.1 Å². The summed E-state index contributed by atoms with van der Waals surface area (Å²) in [6.45, 7) is 3.10. The van der Waals surface area contributed by atoms with Gasteiger partial charge in [0.15, 0.2) is 0 Å². The van der Waals surface area contributed by atoms with Crippen LogP contribution < -0.4 is 4.90 Å². The van der Waals surface area contributed by atoms with E-state index in [0.29, 0.717) is 18.8 Å². The Morgan fingerprint density at radius 1 is 1.35 bits per heavy atom. The average Bonchev–Trinajstić information content (AvgIpc) is 2.37. The van der Waals surface area contributed by atoms with Crippen LogP contribution in [0.4, 0.5) is 18.9 Å². The average molecular weight is 285 g/mol. The topological polar surface area (TPSA) is 40.5 Å². The first-order valence-electron chi connectivity index (χ1n) is 6.14. The number of carboxylic acid groups (broad SMARTS) is 1. The number of hydrogen-bond donors (Lipinski definition) is 1. The van der Waals surface area contributed by atoms with E-state index in [1.54, 1.807) is 0 Å². The van der Waals surface area contributed by atoms with Gasteiger partial charge < -0.3 is 10.0 Å². The van der Waals surface area contributed by atoms with Gasteiger partial charge in [0, 0.05) is 18.8 Å². The number of carbonyl (C=O) groups is 1. The maximum Gasteiger partial charge on any atom is 0.417 e. The first-order chi connectivity index (χ1) is 9.29. The molecule has 0 aliphatic carbocycles. The maximum atomic E-state index is 12.9. The Kier molecular flexibility index (Phi) is 3.74. The van der Waals surface area contributed by atoms with Gasteiger partial charge in [-0.25, -0.2) is 4.79 Å². The number of halogens is 3. The Labute approximate surface area is 114 Å². The van der Waals surface area contributed by atoms with Crippen molar-refractivity contribution in [2.75, 3.05) is 18.0 Å². The second-order valence-corrected chi connectivity index (χ2v) is 4.79. The number of hydrogen-bond acceptors (Lipinski definition) is 2. The van der Waals surface area contributed by atoms with Crippen molar-refractivity contribution in [2.24, 2.45) is 0 Å². The number of alkyl halides is 3. The summed E-state index contributed by atoms with van der Waals surface area (Å²) in [7, 11) is 0. The smallest absolute Gasteiger partial charge is 0.417 e. The van der Waals surface area contributed by atoms with E-state index < -0.39 is 23.3 Å². The summed E-state index contributed by atoms with van der Waals surface area (Å²) in [5, 5.41) is 8.85. The molecule has 1 heterocycles. The number of rotatable bonds is 2. The van der Waals surface area contributed by atoms with Gasteiger partial charge >= 0.3 is 12.1 Å². The molecule has 1 aromatic carbocycles. The lowest BCUT2D eigenvalue weighted by Gasteiger charge is -2.29. The summed E-state index contributed by atoms with van der Waals surface area (Å²) in [5.74, 6) is -1.57. The van der Waals surface area contributed by atoms with Gasteiger partial charge in [0.2, 0.25) is 0 Å². The van der Waals surface area contributed by atoms with E-state index in [9.17, 15) is 18.0 Å². The lowest BCUT2D eigenvalue weighted by atomic mass is 10.0. The summed E-state index contributed by atoms with van der Waals surface area (Å²) >= 11 is 0. The highest BCUT2D eigenvalue weighted by molar-refractivity contribution is 5.90. The van der Waals surface area contributed by atoms with Gasteiger partial charge in [0.05, 0.1) is 11.1 Å². The summed E-state index contributed by atoms with van der Waals surface area (Å²) in [4.78, 5) is 12.7. The quantitative estimate of drug-likeness (QED) is 0.845. The Balaban J connectivity index is 2.42. The maximum absolute atomic E-state index is 12.9. The molecule has 20 heavy (non-hydrogen) atoms. The number of benzene rings is 1. The van der Waals surface area contributed by atoms with Crippen LogP contribution in [0.1, 0.15) is 29.3 Å². The summed E-state index contributed by atoms with van der Waals surface area (Å²) in [5.41, 5.74) is -0.331. The van der Waals surface area contributed by atoms with Gasteiger partial charge in [-0.3, -0.25) is 0 Å². The molecule has 0 atom stereocenters. The third kappa shape index (κ3) is 2.95. The van der Waals surface area contributed by atoms with Crippen LogP contribution in [0, 0.1) is 0 Å². The van der Waals surface area contributed by atoms with E-state index in [4.69, 9.17) is 5.11 Å². The van der Waals surface area contributed by atoms with Crippen LogP contribution in [0.15, 0.2) is 29.8 Å². The first-order valence-corrected chi connectivity index (χ1v) is 6.14. The summed E-state index contributed by atoms with van der Waals surface area (Å²) in [6, 6.07) is 3.37. The van der Waals surface area contributed by atoms with E-state index in [1.165, 1.54) is 6.07 Å². The molecule has 0 fully saturated rings. The molecule has 3 nitrogen and oxygen atoms in total. The molecule has 1 aliphatic rings. The molecule has 0 unspecified atom stereocenters. The molecule has 108 valence electrons. The predicted molar refractivity (Wildman–Crippen MR) is 69.0 cm³/mol. The fraction of sp³-hybridized carbons (Fsp3) is 0.357. The summed E-state index contributed by atoms with van der Waals surface area (Å²) < 4.78 is 38.8. The van der Waals surface area contributed by atoms with Crippen LogP contribution in [0.2, 0.25) is 0 Å². The second-order valence-electron chi connectivity index (χ2n) is 4.79. The van der Waals surface area contributed by atoms with Gasteiger partial charge in [0.1, 0.15) is 0 Å². The Morgan fingerprint density at radius 2 is 2.05 bits per heavy atom. The minimum Gasteiger partial charge on any atom is -0.478 e. The van der Waals surface area contributed by atoms with Gasteiger partial charge in [0.25, 0.3) is 0 Å². The minimum atomic E-state index is -4.68. The number of anilines is 1. The van der Waals surface area contributed by atoms with E-state index >= 15 is 0 Å². The van der Waals surface area contributed by atoms with Gasteiger partial charge in [-0.1, -0.05) is 11.6 Å². The third-order valence-corrected chi connectivity index (χ3v) is 3.24. The van der Waals surface area contributed by atoms with E-state index in [2.05, 4.69) is 0 Å². The molecule has 6 heteroatoms. The van der Waals surface area contributed by atoms with E-state index in [1.807, 2.05) is 17.9 Å². The fourth-order valence-electron chi connectivity index (χ4n) is 2.28. The molecular formula is C14H14F3NO2. The minimum absolute atomic E-state index is 0.398. The first kappa shape index (κ1) is 14.4. The van der Waals surface area contributed by atoms with Crippen LogP contribution in [-0.2, 0) is 6.18 Å². The number of carboxylic acids is 1. The van der Waals surface area contributed by atoms with Crippen LogP contribution in [0.3, 0.4) is 0 Å². The molecule has 1 N–H and O–H groups in total. The zero-order valence-corrected chi connectivity index (χ0v) is 10.9. The largest absolute Gasteiger partial charge is 0.478 e. The molecule has 0 saturated heterocycles. The van der Waals surface area contributed by atoms with Crippen LogP contribution in [-0.4, -0.2) is 24.2 Å².